The fourth-order valence-corrected chi connectivity index (χ4v) is 3.44. The van der Waals surface area contributed by atoms with Gasteiger partial charge in [0.25, 0.3) is 0 Å². The van der Waals surface area contributed by atoms with Crippen LogP contribution in [0, 0.1) is 6.92 Å². The highest BCUT2D eigenvalue weighted by Crippen LogP contribution is 2.23. The molecule has 4 rings (SSSR count). The number of aryl methyl sites for hydroxylation is 2. The molecule has 0 spiro atoms. The number of anilines is 1. The topological polar surface area (TPSA) is 72.9 Å². The van der Waals surface area contributed by atoms with E-state index in [0.717, 1.165) is 45.9 Å². The Balaban J connectivity index is 1.56. The summed E-state index contributed by atoms with van der Waals surface area (Å²) < 4.78 is 3.77. The predicted molar refractivity (Wildman–Crippen MR) is 103 cm³/mol. The quantitative estimate of drug-likeness (QED) is 0.418. The summed E-state index contributed by atoms with van der Waals surface area (Å²) in [5.41, 5.74) is 3.80. The third kappa shape index (κ3) is 3.41. The molecular formula is C18H19N7S. The first-order valence-corrected chi connectivity index (χ1v) is 9.33. The van der Waals surface area contributed by atoms with E-state index >= 15 is 0 Å². The number of hydrogen-bond acceptors (Lipinski definition) is 6. The number of aromatic nitrogens is 6. The molecule has 0 aliphatic heterocycles. The van der Waals surface area contributed by atoms with Crippen LogP contribution >= 0.6 is 11.8 Å². The van der Waals surface area contributed by atoms with E-state index in [2.05, 4.69) is 32.7 Å². The lowest BCUT2D eigenvalue weighted by Crippen LogP contribution is -2.10. The molecule has 0 bridgehead atoms. The van der Waals surface area contributed by atoms with E-state index in [1.54, 1.807) is 18.1 Å². The number of nitrogens with one attached hydrogen (secondary N) is 1. The van der Waals surface area contributed by atoms with E-state index in [0.29, 0.717) is 0 Å². The number of thioether (sulfide) groups is 1. The zero-order valence-electron chi connectivity index (χ0n) is 14.6. The number of benzene rings is 1. The van der Waals surface area contributed by atoms with Crippen molar-refractivity contribution in [3.8, 4) is 11.3 Å². The van der Waals surface area contributed by atoms with Gasteiger partial charge in [0.15, 0.2) is 10.8 Å². The summed E-state index contributed by atoms with van der Waals surface area (Å²) >= 11 is 1.67. The second kappa shape index (κ2) is 7.17. The minimum Gasteiger partial charge on any atom is -0.369 e. The highest BCUT2D eigenvalue weighted by Gasteiger charge is 2.10. The van der Waals surface area contributed by atoms with Gasteiger partial charge in [0.05, 0.1) is 11.4 Å². The van der Waals surface area contributed by atoms with E-state index in [1.165, 1.54) is 0 Å². The average Bonchev–Trinajstić information content (AvgIpc) is 3.23. The molecule has 26 heavy (non-hydrogen) atoms. The molecule has 3 aromatic heterocycles. The molecule has 7 nitrogen and oxygen atoms in total. The van der Waals surface area contributed by atoms with Gasteiger partial charge in [-0.1, -0.05) is 42.1 Å². The zero-order valence-corrected chi connectivity index (χ0v) is 15.4. The van der Waals surface area contributed by atoms with Crippen LogP contribution in [0.4, 0.5) is 5.82 Å². The molecule has 0 unspecified atom stereocenters. The summed E-state index contributed by atoms with van der Waals surface area (Å²) in [4.78, 5) is 4.74. The Labute approximate surface area is 155 Å². The second-order valence-corrected chi connectivity index (χ2v) is 7.01. The molecule has 8 heteroatoms. The van der Waals surface area contributed by atoms with Crippen molar-refractivity contribution in [2.24, 2.45) is 7.05 Å². The van der Waals surface area contributed by atoms with Crippen LogP contribution in [-0.2, 0) is 7.05 Å². The molecule has 0 aliphatic rings. The number of nitrogens with zero attached hydrogens (tertiary/aromatic N) is 6. The summed E-state index contributed by atoms with van der Waals surface area (Å²) in [7, 11) is 1.95. The number of hydrogen-bond donors (Lipinski definition) is 1. The molecule has 1 N–H and O–H groups in total. The van der Waals surface area contributed by atoms with Crippen molar-refractivity contribution in [3.05, 3.63) is 54.5 Å². The Morgan fingerprint density at radius 3 is 2.77 bits per heavy atom. The van der Waals surface area contributed by atoms with E-state index in [-0.39, 0.29) is 0 Å². The highest BCUT2D eigenvalue weighted by atomic mass is 32.2. The van der Waals surface area contributed by atoms with Crippen LogP contribution in [0.1, 0.15) is 5.69 Å². The van der Waals surface area contributed by atoms with Crippen LogP contribution in [0.5, 0.6) is 0 Å². The van der Waals surface area contributed by atoms with Gasteiger partial charge in [-0.3, -0.25) is 0 Å². The monoisotopic (exact) mass is 365 g/mol. The first-order chi connectivity index (χ1) is 12.7. The Bertz CT molecular complexity index is 1020. The summed E-state index contributed by atoms with van der Waals surface area (Å²) in [6, 6.07) is 14.2. The van der Waals surface area contributed by atoms with Gasteiger partial charge in [-0.15, -0.1) is 10.2 Å². The van der Waals surface area contributed by atoms with Crippen LogP contribution in [0.3, 0.4) is 0 Å². The summed E-state index contributed by atoms with van der Waals surface area (Å²) in [6.45, 7) is 2.76. The van der Waals surface area contributed by atoms with Crippen LogP contribution < -0.4 is 5.32 Å². The van der Waals surface area contributed by atoms with Crippen LogP contribution in [0.2, 0.25) is 0 Å². The van der Waals surface area contributed by atoms with Crippen molar-refractivity contribution in [2.75, 3.05) is 17.6 Å². The Morgan fingerprint density at radius 2 is 2.00 bits per heavy atom. The maximum absolute atomic E-state index is 4.74. The first kappa shape index (κ1) is 16.6. The van der Waals surface area contributed by atoms with E-state index < -0.39 is 0 Å². The molecule has 0 saturated heterocycles. The molecule has 0 aliphatic carbocycles. The lowest BCUT2D eigenvalue weighted by molar-refractivity contribution is 0.788. The minimum absolute atomic E-state index is 0.782. The molecule has 0 atom stereocenters. The third-order valence-electron chi connectivity index (χ3n) is 3.93. The summed E-state index contributed by atoms with van der Waals surface area (Å²) in [5.74, 6) is 1.80. The van der Waals surface area contributed by atoms with Gasteiger partial charge in [0.2, 0.25) is 0 Å². The fourth-order valence-electron chi connectivity index (χ4n) is 2.70. The van der Waals surface area contributed by atoms with Gasteiger partial charge < -0.3 is 9.88 Å². The maximum Gasteiger partial charge on any atom is 0.190 e. The lowest BCUT2D eigenvalue weighted by Gasteiger charge is -2.10. The summed E-state index contributed by atoms with van der Waals surface area (Å²) in [6.07, 6.45) is 1.71. The normalized spacial score (nSPS) is 11.2. The third-order valence-corrected chi connectivity index (χ3v) is 4.96. The molecule has 1 aromatic carbocycles. The Morgan fingerprint density at radius 1 is 1.15 bits per heavy atom. The predicted octanol–water partition coefficient (Wildman–Crippen LogP) is 3.04. The van der Waals surface area contributed by atoms with Crippen LogP contribution in [-0.4, -0.2) is 41.7 Å². The molecular weight excluding hydrogens is 346 g/mol. The minimum atomic E-state index is 0.782. The Kier molecular flexibility index (Phi) is 4.57. The van der Waals surface area contributed by atoms with Crippen molar-refractivity contribution in [1.82, 2.24) is 29.4 Å². The van der Waals surface area contributed by atoms with Crippen molar-refractivity contribution in [2.45, 2.75) is 12.1 Å². The average molecular weight is 365 g/mol. The van der Waals surface area contributed by atoms with Crippen molar-refractivity contribution >= 4 is 23.2 Å². The van der Waals surface area contributed by atoms with Crippen molar-refractivity contribution < 1.29 is 0 Å². The maximum atomic E-state index is 4.74. The van der Waals surface area contributed by atoms with Crippen LogP contribution in [0.15, 0.2) is 53.9 Å². The smallest absolute Gasteiger partial charge is 0.190 e. The largest absolute Gasteiger partial charge is 0.369 e. The fraction of sp³-hybridized carbons (Fsp3) is 0.222. The van der Waals surface area contributed by atoms with Gasteiger partial charge in [0, 0.05) is 37.0 Å². The highest BCUT2D eigenvalue weighted by molar-refractivity contribution is 7.99. The Hall–Kier alpha value is -2.87. The van der Waals surface area contributed by atoms with E-state index in [1.807, 2.05) is 53.4 Å². The lowest BCUT2D eigenvalue weighted by atomic mass is 10.1. The second-order valence-electron chi connectivity index (χ2n) is 5.95. The molecule has 4 aromatic rings. The molecule has 3 heterocycles. The molecule has 0 amide bonds. The van der Waals surface area contributed by atoms with Gasteiger partial charge in [-0.25, -0.2) is 4.98 Å². The van der Waals surface area contributed by atoms with E-state index in [9.17, 15) is 0 Å². The van der Waals surface area contributed by atoms with Crippen LogP contribution in [0.25, 0.3) is 16.9 Å². The van der Waals surface area contributed by atoms with Gasteiger partial charge in [0.1, 0.15) is 12.1 Å². The number of rotatable bonds is 6. The molecule has 132 valence electrons. The van der Waals surface area contributed by atoms with Crippen molar-refractivity contribution in [3.63, 3.8) is 0 Å². The van der Waals surface area contributed by atoms with Crippen molar-refractivity contribution in [1.29, 1.82) is 0 Å². The SMILES string of the molecule is Cc1cc2nc(-c3ccccc3)cc(NCCSc3nncn3C)n2n1. The van der Waals surface area contributed by atoms with Gasteiger partial charge in [-0.05, 0) is 6.92 Å². The number of fused-ring (bicyclic) bond motifs is 1. The molecule has 0 radical (unpaired) electrons. The zero-order chi connectivity index (χ0) is 17.9. The first-order valence-electron chi connectivity index (χ1n) is 8.34. The molecule has 0 fully saturated rings. The van der Waals surface area contributed by atoms with Gasteiger partial charge in [-0.2, -0.15) is 9.61 Å². The summed E-state index contributed by atoms with van der Waals surface area (Å²) in [5, 5.41) is 16.9. The van der Waals surface area contributed by atoms with E-state index in [4.69, 9.17) is 4.98 Å². The van der Waals surface area contributed by atoms with Gasteiger partial charge >= 0.3 is 0 Å². The molecule has 0 saturated carbocycles. The standard InChI is InChI=1S/C18H19N7S/c1-13-10-17-21-15(14-6-4-3-5-7-14)11-16(25(17)23-13)19-8-9-26-18-22-20-12-24(18)2/h3-7,10-12,19H,8-9H2,1-2H3.